The van der Waals surface area contributed by atoms with Crippen molar-refractivity contribution in [2.75, 3.05) is 51.6 Å². The molecule has 3 heterocycles. The molecule has 0 unspecified atom stereocenters. The molecule has 4 aromatic rings. The van der Waals surface area contributed by atoms with Gasteiger partial charge in [-0.1, -0.05) is 72.3 Å². The zero-order valence-electron chi connectivity index (χ0n) is 31.5. The van der Waals surface area contributed by atoms with Gasteiger partial charge in [-0.15, -0.1) is 0 Å². The molecule has 13 nitrogen and oxygen atoms in total. The fourth-order valence-electron chi connectivity index (χ4n) is 6.56. The Kier molecular flexibility index (Phi) is 14.6. The monoisotopic (exact) mass is 792 g/mol. The number of nitrogen functional groups attached to an aromatic ring is 1. The van der Waals surface area contributed by atoms with Crippen molar-refractivity contribution in [3.05, 3.63) is 130 Å². The number of aromatic nitrogens is 2. The lowest BCUT2D eigenvalue weighted by Gasteiger charge is -2.30. The summed E-state index contributed by atoms with van der Waals surface area (Å²) in [4.78, 5) is 17.8. The van der Waals surface area contributed by atoms with E-state index in [1.165, 1.54) is 13.2 Å². The van der Waals surface area contributed by atoms with E-state index in [1.54, 1.807) is 60.8 Å². The first-order valence-corrected chi connectivity index (χ1v) is 21.3. The molecule has 2 aliphatic rings. The van der Waals surface area contributed by atoms with Crippen molar-refractivity contribution < 1.29 is 26.7 Å². The Balaban J connectivity index is 0.000000321. The van der Waals surface area contributed by atoms with E-state index in [2.05, 4.69) is 28.6 Å². The molecule has 3 aromatic carbocycles. The van der Waals surface area contributed by atoms with Gasteiger partial charge in [0.05, 0.1) is 22.5 Å². The maximum absolute atomic E-state index is 13.7. The number of ether oxygens (including phenoxy) is 1. The second kappa shape index (κ2) is 19.1. The van der Waals surface area contributed by atoms with Crippen LogP contribution < -0.4 is 11.4 Å². The summed E-state index contributed by atoms with van der Waals surface area (Å²) in [6.07, 6.45) is 3.80. The van der Waals surface area contributed by atoms with Crippen LogP contribution in [0.4, 0.5) is 5.82 Å². The lowest BCUT2D eigenvalue weighted by atomic mass is 10.2. The summed E-state index contributed by atoms with van der Waals surface area (Å²) in [5.74, 6) is 0.202. The van der Waals surface area contributed by atoms with Crippen molar-refractivity contribution in [3.63, 3.8) is 0 Å². The maximum atomic E-state index is 13.7. The number of benzene rings is 3. The van der Waals surface area contributed by atoms with Gasteiger partial charge in [-0.25, -0.2) is 21.6 Å². The van der Waals surface area contributed by atoms with Crippen LogP contribution in [0.5, 0.6) is 0 Å². The number of aryl methyl sites for hydroxylation is 2. The summed E-state index contributed by atoms with van der Waals surface area (Å²) in [5, 5.41) is 8.90. The summed E-state index contributed by atoms with van der Waals surface area (Å²) < 4.78 is 64.6. The van der Waals surface area contributed by atoms with Gasteiger partial charge < -0.3 is 15.6 Å². The van der Waals surface area contributed by atoms with Gasteiger partial charge in [0.15, 0.2) is 0 Å². The molecule has 0 spiro atoms. The van der Waals surface area contributed by atoms with Crippen molar-refractivity contribution in [2.45, 2.75) is 68.2 Å². The minimum atomic E-state index is -3.80. The number of nitrogens with zero attached hydrogens (tertiary/aromatic N) is 5. The molecule has 2 fully saturated rings. The second-order valence-electron chi connectivity index (χ2n) is 14.0. The van der Waals surface area contributed by atoms with Gasteiger partial charge >= 0.3 is 5.69 Å². The van der Waals surface area contributed by atoms with Gasteiger partial charge in [0, 0.05) is 38.9 Å². The molecule has 0 saturated carbocycles. The zero-order chi connectivity index (χ0) is 39.6. The van der Waals surface area contributed by atoms with Crippen LogP contribution >= 0.6 is 0 Å². The van der Waals surface area contributed by atoms with Gasteiger partial charge in [0.1, 0.15) is 12.0 Å². The van der Waals surface area contributed by atoms with Crippen molar-refractivity contribution in [1.82, 2.24) is 23.1 Å². The van der Waals surface area contributed by atoms with E-state index in [1.807, 2.05) is 32.0 Å². The van der Waals surface area contributed by atoms with E-state index in [9.17, 15) is 21.6 Å². The number of anilines is 1. The molecule has 0 bridgehead atoms. The van der Waals surface area contributed by atoms with Crippen LogP contribution in [-0.2, 0) is 31.3 Å². The quantitative estimate of drug-likeness (QED) is 0.245. The highest BCUT2D eigenvalue weighted by molar-refractivity contribution is 7.89. The number of sulfonamides is 2. The molecule has 55 heavy (non-hydrogen) atoms. The van der Waals surface area contributed by atoms with E-state index in [4.69, 9.17) is 15.6 Å². The normalized spacial score (nSPS) is 19.9. The number of hydrogen-bond donors (Lipinski definition) is 2. The Hall–Kier alpha value is -4.22. The number of aliphatic hydroxyl groups is 1. The lowest BCUT2D eigenvalue weighted by molar-refractivity contribution is -0.0245. The van der Waals surface area contributed by atoms with E-state index >= 15 is 0 Å². The SMILES string of the molecule is C=C1CN(S(=O)(=O)c2ccc(C)cc2)CCCN(Cc2ccccc2)CCCN(S(=O)(=O)c2ccc(C)cc2)C1.Nc1ccn([C@H]2CC[C@@H](CO)O2)c(=O)n1. The molecule has 0 radical (unpaired) electrons. The van der Waals surface area contributed by atoms with Gasteiger partial charge in [0.2, 0.25) is 20.0 Å². The lowest BCUT2D eigenvalue weighted by Crippen LogP contribution is -2.41. The average Bonchev–Trinajstić information content (AvgIpc) is 3.63. The number of aliphatic hydroxyl groups excluding tert-OH is 1. The van der Waals surface area contributed by atoms with Gasteiger partial charge in [-0.05, 0) is 94.1 Å². The Labute approximate surface area is 324 Å². The molecule has 3 N–H and O–H groups in total. The molecular formula is C40H52N6O7S2. The molecule has 2 atom stereocenters. The minimum absolute atomic E-state index is 0.0202. The van der Waals surface area contributed by atoms with Crippen LogP contribution in [0, 0.1) is 13.8 Å². The summed E-state index contributed by atoms with van der Waals surface area (Å²) in [7, 11) is -7.60. The van der Waals surface area contributed by atoms with Crippen LogP contribution in [0.2, 0.25) is 0 Å². The second-order valence-corrected chi connectivity index (χ2v) is 17.9. The highest BCUT2D eigenvalue weighted by atomic mass is 32.2. The summed E-state index contributed by atoms with van der Waals surface area (Å²) in [6.45, 7) is 10.8. The van der Waals surface area contributed by atoms with E-state index < -0.39 is 25.7 Å². The zero-order valence-corrected chi connectivity index (χ0v) is 33.2. The van der Waals surface area contributed by atoms with E-state index in [0.717, 1.165) is 23.1 Å². The summed E-state index contributed by atoms with van der Waals surface area (Å²) >= 11 is 0. The fourth-order valence-corrected chi connectivity index (χ4v) is 9.56. The van der Waals surface area contributed by atoms with Gasteiger partial charge in [-0.2, -0.15) is 13.6 Å². The molecule has 2 aliphatic heterocycles. The van der Waals surface area contributed by atoms with Crippen molar-refractivity contribution in [1.29, 1.82) is 0 Å². The third-order valence-corrected chi connectivity index (χ3v) is 13.3. The number of hydrogen-bond acceptors (Lipinski definition) is 10. The molecule has 6 rings (SSSR count). The molecule has 0 aliphatic carbocycles. The van der Waals surface area contributed by atoms with Crippen LogP contribution in [0.25, 0.3) is 0 Å². The van der Waals surface area contributed by atoms with Crippen LogP contribution in [0.3, 0.4) is 0 Å². The molecule has 0 amide bonds. The predicted octanol–water partition coefficient (Wildman–Crippen LogP) is 4.33. The maximum Gasteiger partial charge on any atom is 0.351 e. The van der Waals surface area contributed by atoms with Crippen molar-refractivity contribution in [2.24, 2.45) is 0 Å². The topological polar surface area (TPSA) is 168 Å². The Bertz CT molecular complexity index is 2050. The van der Waals surface area contributed by atoms with Crippen LogP contribution in [-0.4, -0.2) is 97.0 Å². The molecule has 1 aromatic heterocycles. The Morgan fingerprint density at radius 3 is 1.78 bits per heavy atom. The van der Waals surface area contributed by atoms with Crippen LogP contribution in [0.1, 0.15) is 48.6 Å². The van der Waals surface area contributed by atoms with Crippen LogP contribution in [0.15, 0.2) is 118 Å². The largest absolute Gasteiger partial charge is 0.394 e. The first kappa shape index (κ1) is 41.9. The number of rotatable bonds is 8. The third kappa shape index (κ3) is 11.4. The van der Waals surface area contributed by atoms with Crippen molar-refractivity contribution in [3.8, 4) is 0 Å². The van der Waals surface area contributed by atoms with E-state index in [0.29, 0.717) is 57.6 Å². The Morgan fingerprint density at radius 2 is 1.31 bits per heavy atom. The molecular weight excluding hydrogens is 741 g/mol. The van der Waals surface area contributed by atoms with Gasteiger partial charge in [0.25, 0.3) is 0 Å². The predicted molar refractivity (Wildman–Crippen MR) is 213 cm³/mol. The smallest absolute Gasteiger partial charge is 0.351 e. The fraction of sp³-hybridized carbons (Fsp3) is 0.400. The molecule has 2 saturated heterocycles. The van der Waals surface area contributed by atoms with Gasteiger partial charge in [-0.3, -0.25) is 9.47 Å². The van der Waals surface area contributed by atoms with Crippen molar-refractivity contribution >= 4 is 25.9 Å². The summed E-state index contributed by atoms with van der Waals surface area (Å²) in [5.41, 5.74) is 8.61. The Morgan fingerprint density at radius 1 is 0.782 bits per heavy atom. The minimum Gasteiger partial charge on any atom is -0.394 e. The summed E-state index contributed by atoms with van der Waals surface area (Å²) in [6, 6.07) is 25.3. The first-order chi connectivity index (χ1) is 26.3. The average molecular weight is 793 g/mol. The molecule has 296 valence electrons. The highest BCUT2D eigenvalue weighted by Crippen LogP contribution is 2.27. The highest BCUT2D eigenvalue weighted by Gasteiger charge is 2.30. The number of nitrogens with two attached hydrogens (primary N) is 1. The molecule has 15 heteroatoms. The van der Waals surface area contributed by atoms with E-state index in [-0.39, 0.29) is 47.6 Å². The standard InChI is InChI=1S/C31H39N3O4S2.C9H13N3O3/c1-26-11-15-30(16-12-26)39(35,36)33-21-7-19-32(25-29-9-5-4-6-10-29)20-8-22-34(24-28(3)23-33)40(37,38)31-17-13-27(2)14-18-31;10-7-3-4-12(9(14)11-7)8-2-1-6(5-13)15-8/h4-6,9-18H,3,7-8,19-25H2,1-2H3;3-4,6,8,13H,1-2,5H2,(H2,10,11,14)/t;6-,8+/m.0/s1. The third-order valence-electron chi connectivity index (χ3n) is 9.58. The first-order valence-electron chi connectivity index (χ1n) is 18.4.